The molecule has 1 saturated heterocycles. The normalized spacial score (nSPS) is 18.5. The molecular weight excluding hydrogens is 312 g/mol. The van der Waals surface area contributed by atoms with Gasteiger partial charge in [0.05, 0.1) is 5.69 Å². The summed E-state index contributed by atoms with van der Waals surface area (Å²) in [5.74, 6) is 0. The summed E-state index contributed by atoms with van der Waals surface area (Å²) in [4.78, 5) is 25.0. The molecule has 0 saturated carbocycles. The van der Waals surface area contributed by atoms with E-state index in [2.05, 4.69) is 21.9 Å². The van der Waals surface area contributed by atoms with Crippen molar-refractivity contribution in [2.75, 3.05) is 26.4 Å². The predicted molar refractivity (Wildman–Crippen MR) is 91.5 cm³/mol. The molecule has 1 atom stereocenters. The molecule has 0 bridgehead atoms. The van der Waals surface area contributed by atoms with Gasteiger partial charge in [-0.15, -0.1) is 11.8 Å². The Morgan fingerprint density at radius 2 is 2.13 bits per heavy atom. The van der Waals surface area contributed by atoms with Gasteiger partial charge in [-0.3, -0.25) is 9.88 Å². The third-order valence-corrected chi connectivity index (χ3v) is 4.49. The average Bonchev–Trinajstić information content (AvgIpc) is 2.96. The van der Waals surface area contributed by atoms with Crippen LogP contribution in [0.15, 0.2) is 17.4 Å². The van der Waals surface area contributed by atoms with Crippen LogP contribution >= 0.6 is 11.8 Å². The molecule has 6 nitrogen and oxygen atoms in total. The van der Waals surface area contributed by atoms with E-state index in [0.717, 1.165) is 30.2 Å². The van der Waals surface area contributed by atoms with E-state index in [1.54, 1.807) is 29.1 Å². The Kier molecular flexibility index (Phi) is 5.86. The highest BCUT2D eigenvalue weighted by Gasteiger charge is 2.31. The summed E-state index contributed by atoms with van der Waals surface area (Å²) in [6.07, 6.45) is 6.18. The summed E-state index contributed by atoms with van der Waals surface area (Å²) < 4.78 is 5.45. The monoisotopic (exact) mass is 338 g/mol. The zero-order valence-corrected chi connectivity index (χ0v) is 15.4. The van der Waals surface area contributed by atoms with Crippen molar-refractivity contribution < 1.29 is 9.53 Å². The number of likely N-dealkylation sites (N-methyl/N-ethyl adjacent to an activating group) is 1. The van der Waals surface area contributed by atoms with Crippen LogP contribution in [0.3, 0.4) is 0 Å². The third-order valence-electron chi connectivity index (χ3n) is 3.77. The molecule has 1 aromatic rings. The molecule has 1 aromatic heterocycles. The molecule has 0 spiro atoms. The number of carbonyl (C=O) groups is 1. The third kappa shape index (κ3) is 5.07. The molecule has 1 aliphatic heterocycles. The molecule has 0 aromatic carbocycles. The molecule has 1 aliphatic rings. The fourth-order valence-corrected chi connectivity index (χ4v) is 3.11. The Balaban J connectivity index is 1.92. The lowest BCUT2D eigenvalue weighted by atomic mass is 10.2. The summed E-state index contributed by atoms with van der Waals surface area (Å²) in [5.41, 5.74) is 0.534. The van der Waals surface area contributed by atoms with Crippen molar-refractivity contribution >= 4 is 17.9 Å². The first kappa shape index (κ1) is 18.0. The smallest absolute Gasteiger partial charge is 0.410 e. The number of nitrogens with zero attached hydrogens (tertiary/aromatic N) is 4. The van der Waals surface area contributed by atoms with Gasteiger partial charge in [-0.1, -0.05) is 0 Å². The van der Waals surface area contributed by atoms with Gasteiger partial charge in [0.1, 0.15) is 10.6 Å². The van der Waals surface area contributed by atoms with Crippen LogP contribution in [-0.4, -0.2) is 63.9 Å². The van der Waals surface area contributed by atoms with Crippen LogP contribution in [0.1, 0.15) is 32.9 Å². The van der Waals surface area contributed by atoms with Crippen molar-refractivity contribution in [3.8, 4) is 0 Å². The van der Waals surface area contributed by atoms with E-state index in [1.807, 2.05) is 27.0 Å². The maximum Gasteiger partial charge on any atom is 0.410 e. The van der Waals surface area contributed by atoms with Crippen LogP contribution in [0, 0.1) is 0 Å². The highest BCUT2D eigenvalue weighted by molar-refractivity contribution is 7.98. The number of aromatic nitrogens is 2. The van der Waals surface area contributed by atoms with E-state index in [1.165, 1.54) is 0 Å². The first-order valence-electron chi connectivity index (χ1n) is 7.82. The van der Waals surface area contributed by atoms with Crippen molar-refractivity contribution in [2.24, 2.45) is 0 Å². The second kappa shape index (κ2) is 7.49. The molecule has 128 valence electrons. The summed E-state index contributed by atoms with van der Waals surface area (Å²) in [5, 5.41) is 0.960. The number of ether oxygens (including phenoxy) is 1. The minimum Gasteiger partial charge on any atom is -0.444 e. The minimum atomic E-state index is -0.450. The highest BCUT2D eigenvalue weighted by Crippen LogP contribution is 2.21. The van der Waals surface area contributed by atoms with Gasteiger partial charge < -0.3 is 9.64 Å². The van der Waals surface area contributed by atoms with E-state index in [0.29, 0.717) is 12.6 Å². The van der Waals surface area contributed by atoms with E-state index in [4.69, 9.17) is 4.74 Å². The number of likely N-dealkylation sites (tertiary alicyclic amines) is 1. The molecule has 2 rings (SSSR count). The van der Waals surface area contributed by atoms with Crippen LogP contribution in [0.4, 0.5) is 4.79 Å². The Hall–Kier alpha value is -1.34. The van der Waals surface area contributed by atoms with Crippen LogP contribution in [0.2, 0.25) is 0 Å². The molecule has 0 aliphatic carbocycles. The fourth-order valence-electron chi connectivity index (χ4n) is 2.59. The van der Waals surface area contributed by atoms with Crippen molar-refractivity contribution in [1.82, 2.24) is 19.8 Å². The zero-order chi connectivity index (χ0) is 17.0. The van der Waals surface area contributed by atoms with Crippen molar-refractivity contribution in [3.05, 3.63) is 18.1 Å². The molecule has 0 radical (unpaired) electrons. The second-order valence-corrected chi connectivity index (χ2v) is 7.59. The first-order chi connectivity index (χ1) is 10.8. The number of rotatable bonds is 4. The van der Waals surface area contributed by atoms with Gasteiger partial charge in [-0.25, -0.2) is 9.78 Å². The van der Waals surface area contributed by atoms with E-state index < -0.39 is 5.60 Å². The van der Waals surface area contributed by atoms with E-state index in [9.17, 15) is 4.79 Å². The topological polar surface area (TPSA) is 58.6 Å². The van der Waals surface area contributed by atoms with Crippen LogP contribution in [-0.2, 0) is 11.3 Å². The Labute approximate surface area is 142 Å². The van der Waals surface area contributed by atoms with Crippen LogP contribution in [0.5, 0.6) is 0 Å². The number of carbonyl (C=O) groups excluding carboxylic acids is 1. The van der Waals surface area contributed by atoms with Gasteiger partial charge in [-0.2, -0.15) is 0 Å². The lowest BCUT2D eigenvalue weighted by Crippen LogP contribution is -2.39. The summed E-state index contributed by atoms with van der Waals surface area (Å²) >= 11 is 1.61. The Morgan fingerprint density at radius 1 is 1.43 bits per heavy atom. The molecular formula is C16H26N4O2S. The molecule has 1 fully saturated rings. The SMILES string of the molecule is CSc1nccnc1CN(C)[C@@H]1CCN(C(=O)OC(C)(C)C)C1. The maximum atomic E-state index is 12.1. The molecule has 7 heteroatoms. The number of hydrogen-bond donors (Lipinski definition) is 0. The van der Waals surface area contributed by atoms with Crippen LogP contribution in [0.25, 0.3) is 0 Å². The van der Waals surface area contributed by atoms with Crippen molar-refractivity contribution in [2.45, 2.75) is 50.4 Å². The second-order valence-electron chi connectivity index (χ2n) is 6.80. The van der Waals surface area contributed by atoms with Crippen LogP contribution < -0.4 is 0 Å². The zero-order valence-electron chi connectivity index (χ0n) is 14.6. The summed E-state index contributed by atoms with van der Waals surface area (Å²) in [6, 6.07) is 0.319. The lowest BCUT2D eigenvalue weighted by Gasteiger charge is -2.26. The average molecular weight is 338 g/mol. The minimum absolute atomic E-state index is 0.224. The molecule has 23 heavy (non-hydrogen) atoms. The van der Waals surface area contributed by atoms with Crippen molar-refractivity contribution in [3.63, 3.8) is 0 Å². The quantitative estimate of drug-likeness (QED) is 0.787. The molecule has 2 heterocycles. The fraction of sp³-hybridized carbons (Fsp3) is 0.688. The number of amides is 1. The van der Waals surface area contributed by atoms with Gasteiger partial charge in [0, 0.05) is 38.1 Å². The largest absolute Gasteiger partial charge is 0.444 e. The predicted octanol–water partition coefficient (Wildman–Crippen LogP) is 2.64. The standard InChI is InChI=1S/C16H26N4O2S/c1-16(2,3)22-15(21)20-9-6-12(10-20)19(4)11-13-14(23-5)18-8-7-17-13/h7-8,12H,6,9-11H2,1-5H3/t12-/m1/s1. The van der Waals surface area contributed by atoms with Gasteiger partial charge in [-0.05, 0) is 40.5 Å². The molecule has 0 N–H and O–H groups in total. The van der Waals surface area contributed by atoms with E-state index in [-0.39, 0.29) is 6.09 Å². The first-order valence-corrected chi connectivity index (χ1v) is 9.04. The van der Waals surface area contributed by atoms with Gasteiger partial charge in [0.2, 0.25) is 0 Å². The number of thioether (sulfide) groups is 1. The lowest BCUT2D eigenvalue weighted by molar-refractivity contribution is 0.0282. The van der Waals surface area contributed by atoms with E-state index >= 15 is 0 Å². The van der Waals surface area contributed by atoms with Gasteiger partial charge >= 0.3 is 6.09 Å². The van der Waals surface area contributed by atoms with Crippen molar-refractivity contribution in [1.29, 1.82) is 0 Å². The summed E-state index contributed by atoms with van der Waals surface area (Å²) in [6.45, 7) is 7.84. The number of hydrogen-bond acceptors (Lipinski definition) is 6. The molecule has 0 unspecified atom stereocenters. The molecule has 1 amide bonds. The maximum absolute atomic E-state index is 12.1. The highest BCUT2D eigenvalue weighted by atomic mass is 32.2. The van der Waals surface area contributed by atoms with Gasteiger partial charge in [0.25, 0.3) is 0 Å². The Bertz CT molecular complexity index is 547. The summed E-state index contributed by atoms with van der Waals surface area (Å²) in [7, 11) is 2.07. The van der Waals surface area contributed by atoms with Gasteiger partial charge in [0.15, 0.2) is 0 Å². The Morgan fingerprint density at radius 3 is 2.78 bits per heavy atom.